The van der Waals surface area contributed by atoms with Crippen LogP contribution in [-0.2, 0) is 31.0 Å². The first-order chi connectivity index (χ1) is 10.1. The van der Waals surface area contributed by atoms with Gasteiger partial charge >= 0.3 is 18.2 Å². The van der Waals surface area contributed by atoms with E-state index < -0.39 is 18.2 Å². The molecule has 0 aliphatic carbocycles. The Morgan fingerprint density at radius 3 is 1.10 bits per heavy atom. The molecule has 128 valence electrons. The lowest BCUT2D eigenvalue weighted by atomic mass is 10.9. The maximum atomic E-state index is 10.4. The molecule has 0 N–H and O–H groups in total. The quantitative estimate of drug-likeness (QED) is 0.503. The van der Waals surface area contributed by atoms with Gasteiger partial charge in [-0.1, -0.05) is 0 Å². The van der Waals surface area contributed by atoms with Gasteiger partial charge in [0.1, 0.15) is 0 Å². The molecule has 0 rings (SSSR count). The highest BCUT2D eigenvalue weighted by Crippen LogP contribution is 2.11. The Hall–Kier alpha value is -0.326. The molecule has 0 aromatic rings. The first kappa shape index (κ1) is 22.9. The zero-order chi connectivity index (χ0) is 16.6. The summed E-state index contributed by atoms with van der Waals surface area (Å²) in [5.74, 6) is 0. The first-order valence-corrected chi connectivity index (χ1v) is 10.3. The van der Waals surface area contributed by atoms with E-state index in [1.165, 1.54) is 0 Å². The summed E-state index contributed by atoms with van der Waals surface area (Å²) in [7, 11) is -4.94. The summed E-state index contributed by atoms with van der Waals surface area (Å²) in [4.78, 5) is 0. The van der Waals surface area contributed by atoms with Crippen LogP contribution in [0.5, 0.6) is 0 Å². The van der Waals surface area contributed by atoms with Crippen LogP contribution in [0.25, 0.3) is 0 Å². The minimum atomic E-state index is -2.80. The molecule has 0 amide bonds. The van der Waals surface area contributed by atoms with Crippen LogP contribution in [-0.4, -0.2) is 57.9 Å². The van der Waals surface area contributed by atoms with Gasteiger partial charge in [0.05, 0.1) is 13.2 Å². The SMILES string of the molecule is CCO[Si](=O)OCC.CCO[Si](OCC)(OCC)OCC. The van der Waals surface area contributed by atoms with E-state index in [9.17, 15) is 4.46 Å². The van der Waals surface area contributed by atoms with Crippen LogP contribution in [0.1, 0.15) is 41.5 Å². The monoisotopic (exact) mass is 342 g/mol. The van der Waals surface area contributed by atoms with E-state index in [0.717, 1.165) is 0 Å². The summed E-state index contributed by atoms with van der Waals surface area (Å²) in [6.45, 7) is 14.3. The van der Waals surface area contributed by atoms with Crippen LogP contribution in [0.3, 0.4) is 0 Å². The van der Waals surface area contributed by atoms with Gasteiger partial charge in [0.15, 0.2) is 0 Å². The topological polar surface area (TPSA) is 72.5 Å². The molecule has 21 heavy (non-hydrogen) atoms. The Morgan fingerprint density at radius 2 is 0.905 bits per heavy atom. The number of rotatable bonds is 12. The molecule has 0 atom stereocenters. The predicted octanol–water partition coefficient (Wildman–Crippen LogP) is 2.04. The standard InChI is InChI=1S/C8H20O4Si.C4H10O3Si/c1-5-9-13(10-6-2,11-7-3)12-8-4;1-3-6-8(5)7-4-2/h5-8H2,1-4H3;3-4H2,1-2H3. The van der Waals surface area contributed by atoms with Crippen molar-refractivity contribution in [3.63, 3.8) is 0 Å². The summed E-state index contributed by atoms with van der Waals surface area (Å²) >= 11 is 0. The van der Waals surface area contributed by atoms with Crippen molar-refractivity contribution in [2.45, 2.75) is 41.5 Å². The molecule has 0 spiro atoms. The van der Waals surface area contributed by atoms with Gasteiger partial charge in [-0.05, 0) is 41.5 Å². The van der Waals surface area contributed by atoms with E-state index in [2.05, 4.69) is 8.85 Å². The van der Waals surface area contributed by atoms with Crippen molar-refractivity contribution < 1.29 is 31.0 Å². The summed E-state index contributed by atoms with van der Waals surface area (Å²) < 4.78 is 41.3. The van der Waals surface area contributed by atoms with Crippen LogP contribution in [0.15, 0.2) is 0 Å². The lowest BCUT2D eigenvalue weighted by Crippen LogP contribution is -2.49. The maximum Gasteiger partial charge on any atom is 0.767 e. The molecule has 0 unspecified atom stereocenters. The highest BCUT2D eigenvalue weighted by molar-refractivity contribution is 6.53. The van der Waals surface area contributed by atoms with Crippen molar-refractivity contribution in [3.05, 3.63) is 0 Å². The Morgan fingerprint density at radius 1 is 0.619 bits per heavy atom. The zero-order valence-electron chi connectivity index (χ0n) is 14.1. The molecule has 0 aromatic carbocycles. The smallest absolute Gasteiger partial charge is 0.496 e. The first-order valence-electron chi connectivity index (χ1n) is 7.40. The molecule has 0 fully saturated rings. The number of hydrogen-bond donors (Lipinski definition) is 0. The van der Waals surface area contributed by atoms with Gasteiger partial charge in [0.2, 0.25) is 0 Å². The third kappa shape index (κ3) is 13.1. The van der Waals surface area contributed by atoms with Crippen molar-refractivity contribution in [1.29, 1.82) is 0 Å². The van der Waals surface area contributed by atoms with Crippen molar-refractivity contribution in [2.75, 3.05) is 39.6 Å². The van der Waals surface area contributed by atoms with E-state index in [4.69, 9.17) is 17.7 Å². The fraction of sp³-hybridized carbons (Fsp3) is 1.00. The van der Waals surface area contributed by atoms with E-state index in [1.807, 2.05) is 27.7 Å². The van der Waals surface area contributed by atoms with Crippen molar-refractivity contribution in [1.82, 2.24) is 0 Å². The highest BCUT2D eigenvalue weighted by atomic mass is 28.4. The van der Waals surface area contributed by atoms with E-state index in [1.54, 1.807) is 13.8 Å². The minimum absolute atomic E-state index is 0.456. The van der Waals surface area contributed by atoms with Crippen LogP contribution in [0.4, 0.5) is 0 Å². The molecule has 0 aliphatic heterocycles. The molecular weight excluding hydrogens is 312 g/mol. The van der Waals surface area contributed by atoms with Gasteiger partial charge in [0, 0.05) is 26.4 Å². The van der Waals surface area contributed by atoms with Crippen LogP contribution < -0.4 is 0 Å². The summed E-state index contributed by atoms with van der Waals surface area (Å²) in [5.41, 5.74) is 0. The number of hydrogen-bond acceptors (Lipinski definition) is 7. The lowest BCUT2D eigenvalue weighted by molar-refractivity contribution is -0.0247. The van der Waals surface area contributed by atoms with Crippen molar-refractivity contribution in [2.24, 2.45) is 0 Å². The Bertz CT molecular complexity index is 204. The van der Waals surface area contributed by atoms with E-state index >= 15 is 0 Å². The second kappa shape index (κ2) is 16.1. The van der Waals surface area contributed by atoms with Crippen LogP contribution >= 0.6 is 0 Å². The predicted molar refractivity (Wildman–Crippen MR) is 82.0 cm³/mol. The normalized spacial score (nSPS) is 10.6. The molecule has 7 nitrogen and oxygen atoms in total. The molecular formula is C12H30O7Si2. The molecule has 0 saturated heterocycles. The van der Waals surface area contributed by atoms with Gasteiger partial charge in [-0.15, -0.1) is 0 Å². The van der Waals surface area contributed by atoms with Gasteiger partial charge in [-0.25, -0.2) is 0 Å². The Kier molecular flexibility index (Phi) is 17.5. The average Bonchev–Trinajstić information content (AvgIpc) is 2.41. The average molecular weight is 343 g/mol. The third-order valence-electron chi connectivity index (χ3n) is 1.81. The van der Waals surface area contributed by atoms with E-state index in [0.29, 0.717) is 39.6 Å². The molecule has 0 bridgehead atoms. The van der Waals surface area contributed by atoms with Crippen LogP contribution in [0.2, 0.25) is 0 Å². The minimum Gasteiger partial charge on any atom is -0.496 e. The van der Waals surface area contributed by atoms with Gasteiger partial charge in [-0.3, -0.25) is 4.46 Å². The summed E-state index contributed by atoms with van der Waals surface area (Å²) in [6, 6.07) is 0. The highest BCUT2D eigenvalue weighted by Gasteiger charge is 2.44. The second-order valence-corrected chi connectivity index (χ2v) is 6.58. The zero-order valence-corrected chi connectivity index (χ0v) is 16.1. The summed E-state index contributed by atoms with van der Waals surface area (Å²) in [6.07, 6.45) is 0. The third-order valence-corrected chi connectivity index (χ3v) is 5.43. The largest absolute Gasteiger partial charge is 0.767 e. The molecule has 0 aromatic heterocycles. The molecule has 0 aliphatic rings. The van der Waals surface area contributed by atoms with Crippen molar-refractivity contribution >= 4 is 18.2 Å². The molecule has 0 heterocycles. The van der Waals surface area contributed by atoms with Gasteiger partial charge in [-0.2, -0.15) is 0 Å². The molecule has 9 heteroatoms. The van der Waals surface area contributed by atoms with Gasteiger partial charge in [0.25, 0.3) is 0 Å². The van der Waals surface area contributed by atoms with Crippen molar-refractivity contribution in [3.8, 4) is 0 Å². The summed E-state index contributed by atoms with van der Waals surface area (Å²) in [5, 5.41) is 0. The van der Waals surface area contributed by atoms with Gasteiger partial charge < -0.3 is 26.6 Å². The van der Waals surface area contributed by atoms with Crippen LogP contribution in [0, 0.1) is 0 Å². The molecule has 0 radical (unpaired) electrons. The Balaban J connectivity index is 0. The lowest BCUT2D eigenvalue weighted by Gasteiger charge is -2.26. The fourth-order valence-corrected chi connectivity index (χ4v) is 3.70. The van der Waals surface area contributed by atoms with E-state index in [-0.39, 0.29) is 0 Å². The Labute approximate surface area is 131 Å². The molecule has 0 saturated carbocycles. The maximum absolute atomic E-state index is 10.4. The second-order valence-electron chi connectivity index (χ2n) is 3.35. The fourth-order valence-electron chi connectivity index (χ4n) is 1.23.